The molecule has 0 N–H and O–H groups in total. The summed E-state index contributed by atoms with van der Waals surface area (Å²) in [5, 5.41) is 0. The van der Waals surface area contributed by atoms with Gasteiger partial charge in [0, 0.05) is 0 Å². The number of allylic oxidation sites excluding steroid dienone is 2. The van der Waals surface area contributed by atoms with Crippen LogP contribution in [0.2, 0.25) is 0 Å². The fourth-order valence-electron chi connectivity index (χ4n) is 1.33. The van der Waals surface area contributed by atoms with Crippen LogP contribution in [0.25, 0.3) is 0 Å². The van der Waals surface area contributed by atoms with Crippen molar-refractivity contribution in [1.82, 2.24) is 0 Å². The number of aryl methyl sites for hydroxylation is 2. The van der Waals surface area contributed by atoms with Crippen molar-refractivity contribution in [2.75, 3.05) is 0 Å². The van der Waals surface area contributed by atoms with Gasteiger partial charge in [0.1, 0.15) is 0 Å². The molecule has 1 rings (SSSR count). The first-order chi connectivity index (χ1) is 6.09. The van der Waals surface area contributed by atoms with Crippen LogP contribution in [0.5, 0.6) is 0 Å². The molecule has 0 fully saturated rings. The van der Waals surface area contributed by atoms with Crippen molar-refractivity contribution >= 4 is 0 Å². The molecule has 1 aromatic rings. The second kappa shape index (κ2) is 4.27. The maximum atomic E-state index is 2.28. The van der Waals surface area contributed by atoms with Gasteiger partial charge in [0.25, 0.3) is 0 Å². The molecule has 0 radical (unpaired) electrons. The van der Waals surface area contributed by atoms with Crippen LogP contribution >= 0.6 is 0 Å². The highest BCUT2D eigenvalue weighted by atomic mass is 14.0. The summed E-state index contributed by atoms with van der Waals surface area (Å²) in [5.41, 5.74) is 5.58. The molecule has 0 saturated carbocycles. The molecule has 70 valence electrons. The van der Waals surface area contributed by atoms with Gasteiger partial charge in [-0.05, 0) is 45.2 Å². The zero-order valence-corrected chi connectivity index (χ0v) is 9.02. The Labute approximate surface area is 81.3 Å². The summed E-state index contributed by atoms with van der Waals surface area (Å²) in [6.07, 6.45) is 3.34. The van der Waals surface area contributed by atoms with Gasteiger partial charge in [-0.3, -0.25) is 0 Å². The Morgan fingerprint density at radius 2 is 1.92 bits per heavy atom. The van der Waals surface area contributed by atoms with Crippen LogP contribution in [0.1, 0.15) is 30.5 Å². The first-order valence-electron chi connectivity index (χ1n) is 4.79. The van der Waals surface area contributed by atoms with Crippen molar-refractivity contribution in [3.05, 3.63) is 46.5 Å². The highest BCUT2D eigenvalue weighted by Crippen LogP contribution is 2.12. The summed E-state index contributed by atoms with van der Waals surface area (Å²) in [4.78, 5) is 0. The van der Waals surface area contributed by atoms with Crippen LogP contribution in [-0.4, -0.2) is 0 Å². The van der Waals surface area contributed by atoms with E-state index in [9.17, 15) is 0 Å². The monoisotopic (exact) mass is 174 g/mol. The van der Waals surface area contributed by atoms with Gasteiger partial charge in [0.2, 0.25) is 0 Å². The topological polar surface area (TPSA) is 0 Å². The lowest BCUT2D eigenvalue weighted by Gasteiger charge is -2.04. The van der Waals surface area contributed by atoms with Gasteiger partial charge in [-0.1, -0.05) is 35.4 Å². The fourth-order valence-corrected chi connectivity index (χ4v) is 1.33. The van der Waals surface area contributed by atoms with Crippen molar-refractivity contribution < 1.29 is 0 Å². The average molecular weight is 174 g/mol. The van der Waals surface area contributed by atoms with Gasteiger partial charge >= 0.3 is 0 Å². The molecule has 0 nitrogen and oxygen atoms in total. The van der Waals surface area contributed by atoms with Crippen molar-refractivity contribution in [2.24, 2.45) is 0 Å². The van der Waals surface area contributed by atoms with Crippen LogP contribution in [-0.2, 0) is 6.42 Å². The van der Waals surface area contributed by atoms with Gasteiger partial charge in [-0.25, -0.2) is 0 Å². The third kappa shape index (κ3) is 3.06. The lowest BCUT2D eigenvalue weighted by Crippen LogP contribution is -1.88. The Bertz CT molecular complexity index is 315. The second-order valence-electron chi connectivity index (χ2n) is 3.92. The first-order valence-corrected chi connectivity index (χ1v) is 4.79. The van der Waals surface area contributed by atoms with Gasteiger partial charge < -0.3 is 0 Å². The Morgan fingerprint density at radius 3 is 2.54 bits per heavy atom. The molecule has 0 aliphatic rings. The van der Waals surface area contributed by atoms with Crippen molar-refractivity contribution in [2.45, 2.75) is 34.1 Å². The molecule has 0 heterocycles. The predicted octanol–water partition coefficient (Wildman–Crippen LogP) is 3.81. The van der Waals surface area contributed by atoms with Crippen molar-refractivity contribution in [3.8, 4) is 0 Å². The summed E-state index contributed by atoms with van der Waals surface area (Å²) in [7, 11) is 0. The van der Waals surface area contributed by atoms with Crippen LogP contribution in [0.4, 0.5) is 0 Å². The van der Waals surface area contributed by atoms with Crippen LogP contribution < -0.4 is 0 Å². The summed E-state index contributed by atoms with van der Waals surface area (Å²) in [6.45, 7) is 8.61. The van der Waals surface area contributed by atoms with E-state index in [0.717, 1.165) is 6.42 Å². The average Bonchev–Trinajstić information content (AvgIpc) is 2.06. The molecule has 1 aromatic carbocycles. The molecular weight excluding hydrogens is 156 g/mol. The van der Waals surface area contributed by atoms with E-state index >= 15 is 0 Å². The minimum absolute atomic E-state index is 1.07. The molecule has 0 saturated heterocycles. The van der Waals surface area contributed by atoms with Crippen molar-refractivity contribution in [3.63, 3.8) is 0 Å². The quantitative estimate of drug-likeness (QED) is 0.598. The Morgan fingerprint density at radius 1 is 1.23 bits per heavy atom. The first kappa shape index (κ1) is 10.0. The SMILES string of the molecule is CC(C)=CCc1cc(C)ccc1C. The normalized spacial score (nSPS) is 9.85. The summed E-state index contributed by atoms with van der Waals surface area (Å²) in [6, 6.07) is 6.64. The van der Waals surface area contributed by atoms with E-state index in [1.807, 2.05) is 0 Å². The van der Waals surface area contributed by atoms with Gasteiger partial charge in [0.05, 0.1) is 0 Å². The number of hydrogen-bond donors (Lipinski definition) is 0. The van der Waals surface area contributed by atoms with E-state index in [1.165, 1.54) is 22.3 Å². The number of benzene rings is 1. The Kier molecular flexibility index (Phi) is 3.30. The maximum Gasteiger partial charge on any atom is -0.00923 e. The Hall–Kier alpha value is -1.04. The highest BCUT2D eigenvalue weighted by Gasteiger charge is 1.95. The molecule has 0 unspecified atom stereocenters. The van der Waals surface area contributed by atoms with Crippen LogP contribution in [0.15, 0.2) is 29.8 Å². The molecule has 0 aliphatic heterocycles. The number of rotatable bonds is 2. The van der Waals surface area contributed by atoms with Crippen LogP contribution in [0.3, 0.4) is 0 Å². The third-order valence-corrected chi connectivity index (χ3v) is 2.23. The lowest BCUT2D eigenvalue weighted by molar-refractivity contribution is 1.17. The lowest BCUT2D eigenvalue weighted by atomic mass is 10.0. The summed E-state index contributed by atoms with van der Waals surface area (Å²) >= 11 is 0. The largest absolute Gasteiger partial charge is 0.0815 e. The van der Waals surface area contributed by atoms with E-state index < -0.39 is 0 Å². The van der Waals surface area contributed by atoms with Gasteiger partial charge in [-0.2, -0.15) is 0 Å². The fraction of sp³-hybridized carbons (Fsp3) is 0.385. The molecule has 0 heteroatoms. The minimum atomic E-state index is 1.07. The zero-order chi connectivity index (χ0) is 9.84. The van der Waals surface area contributed by atoms with E-state index in [2.05, 4.69) is 52.0 Å². The van der Waals surface area contributed by atoms with Crippen LogP contribution in [0, 0.1) is 13.8 Å². The molecule has 13 heavy (non-hydrogen) atoms. The minimum Gasteiger partial charge on any atom is -0.0815 e. The molecule has 0 atom stereocenters. The third-order valence-electron chi connectivity index (χ3n) is 2.23. The molecular formula is C13H18. The molecule has 0 aromatic heterocycles. The molecule has 0 amide bonds. The Balaban J connectivity index is 2.87. The smallest absolute Gasteiger partial charge is 0.00923 e. The molecule has 0 aliphatic carbocycles. The highest BCUT2D eigenvalue weighted by molar-refractivity contribution is 5.32. The van der Waals surface area contributed by atoms with Gasteiger partial charge in [0.15, 0.2) is 0 Å². The van der Waals surface area contributed by atoms with Gasteiger partial charge in [-0.15, -0.1) is 0 Å². The molecule has 0 bridgehead atoms. The standard InChI is InChI=1S/C13H18/c1-10(2)5-8-13-9-11(3)6-7-12(13)4/h5-7,9H,8H2,1-4H3. The van der Waals surface area contributed by atoms with E-state index in [-0.39, 0.29) is 0 Å². The van der Waals surface area contributed by atoms with E-state index in [1.54, 1.807) is 0 Å². The predicted molar refractivity (Wildman–Crippen MR) is 59.1 cm³/mol. The second-order valence-corrected chi connectivity index (χ2v) is 3.92. The van der Waals surface area contributed by atoms with Crippen molar-refractivity contribution in [1.29, 1.82) is 0 Å². The maximum absolute atomic E-state index is 2.28. The van der Waals surface area contributed by atoms with E-state index in [4.69, 9.17) is 0 Å². The summed E-state index contributed by atoms with van der Waals surface area (Å²) in [5.74, 6) is 0. The number of hydrogen-bond acceptors (Lipinski definition) is 0. The zero-order valence-electron chi connectivity index (χ0n) is 9.02. The molecule has 0 spiro atoms. The van der Waals surface area contributed by atoms with E-state index in [0.29, 0.717) is 0 Å². The summed E-state index contributed by atoms with van der Waals surface area (Å²) < 4.78 is 0.